The number of thiophene rings is 1. The predicted molar refractivity (Wildman–Crippen MR) is 82.5 cm³/mol. The molecule has 2 N–H and O–H groups in total. The molecule has 114 valence electrons. The highest BCUT2D eigenvalue weighted by Gasteiger charge is 2.25. The van der Waals surface area contributed by atoms with Crippen LogP contribution in [0.25, 0.3) is 0 Å². The Kier molecular flexibility index (Phi) is 5.57. The highest BCUT2D eigenvalue weighted by molar-refractivity contribution is 7.89. The van der Waals surface area contributed by atoms with Gasteiger partial charge in [-0.25, -0.2) is 13.1 Å². The van der Waals surface area contributed by atoms with Gasteiger partial charge in [0.05, 0.1) is 4.90 Å². The maximum atomic E-state index is 12.3. The highest BCUT2D eigenvalue weighted by atomic mass is 32.2. The van der Waals surface area contributed by atoms with Gasteiger partial charge in [0.25, 0.3) is 0 Å². The molecule has 2 heterocycles. The normalized spacial score (nSPS) is 20.6. The second-order valence-corrected chi connectivity index (χ2v) is 7.82. The van der Waals surface area contributed by atoms with Crippen molar-refractivity contribution in [3.8, 4) is 0 Å². The molecule has 0 aliphatic carbocycles. The van der Waals surface area contributed by atoms with E-state index in [1.165, 1.54) is 11.3 Å². The van der Waals surface area contributed by atoms with E-state index >= 15 is 0 Å². The predicted octanol–water partition coefficient (Wildman–Crippen LogP) is 1.23. The second-order valence-electron chi connectivity index (χ2n) is 5.06. The van der Waals surface area contributed by atoms with Gasteiger partial charge in [-0.3, -0.25) is 4.90 Å². The fourth-order valence-electron chi connectivity index (χ4n) is 2.60. The van der Waals surface area contributed by atoms with Crippen molar-refractivity contribution < 1.29 is 8.42 Å². The molecular weight excluding hydrogens is 294 g/mol. The zero-order valence-corrected chi connectivity index (χ0v) is 13.7. The molecule has 0 spiro atoms. The zero-order valence-electron chi connectivity index (χ0n) is 12.1. The summed E-state index contributed by atoms with van der Waals surface area (Å²) in [5, 5.41) is 4.74. The molecule has 0 amide bonds. The Balaban J connectivity index is 1.96. The Morgan fingerprint density at radius 2 is 2.30 bits per heavy atom. The van der Waals surface area contributed by atoms with Crippen LogP contribution in [0, 0.1) is 0 Å². The van der Waals surface area contributed by atoms with E-state index in [2.05, 4.69) is 21.9 Å². The number of likely N-dealkylation sites (tertiary alicyclic amines) is 1. The summed E-state index contributed by atoms with van der Waals surface area (Å²) in [4.78, 5) is 3.75. The van der Waals surface area contributed by atoms with Gasteiger partial charge in [-0.05, 0) is 39.0 Å². The minimum atomic E-state index is -3.37. The molecule has 5 nitrogen and oxygen atoms in total. The van der Waals surface area contributed by atoms with Gasteiger partial charge in [-0.1, -0.05) is 6.92 Å². The first-order chi connectivity index (χ1) is 9.56. The smallest absolute Gasteiger partial charge is 0.241 e. The van der Waals surface area contributed by atoms with Crippen molar-refractivity contribution in [3.05, 3.63) is 16.3 Å². The van der Waals surface area contributed by atoms with Crippen LogP contribution in [0.1, 0.15) is 24.6 Å². The topological polar surface area (TPSA) is 61.4 Å². The third-order valence-corrected chi connectivity index (χ3v) is 6.19. The van der Waals surface area contributed by atoms with Crippen molar-refractivity contribution >= 4 is 21.4 Å². The molecule has 1 fully saturated rings. The number of hydrogen-bond donors (Lipinski definition) is 2. The molecule has 0 bridgehead atoms. The van der Waals surface area contributed by atoms with E-state index in [9.17, 15) is 8.42 Å². The molecule has 0 radical (unpaired) electrons. The van der Waals surface area contributed by atoms with Crippen LogP contribution in [0.15, 0.2) is 16.3 Å². The van der Waals surface area contributed by atoms with Crippen molar-refractivity contribution in [1.29, 1.82) is 0 Å². The summed E-state index contributed by atoms with van der Waals surface area (Å²) in [5.74, 6) is 0. The van der Waals surface area contributed by atoms with E-state index in [-0.39, 0.29) is 0 Å². The summed E-state index contributed by atoms with van der Waals surface area (Å²) in [5.41, 5.74) is 0. The molecule has 20 heavy (non-hydrogen) atoms. The summed E-state index contributed by atoms with van der Waals surface area (Å²) < 4.78 is 27.3. The van der Waals surface area contributed by atoms with Crippen LogP contribution in [-0.2, 0) is 16.6 Å². The first-order valence-corrected chi connectivity index (χ1v) is 9.39. The van der Waals surface area contributed by atoms with Gasteiger partial charge in [-0.15, -0.1) is 11.3 Å². The molecule has 1 aliphatic rings. The van der Waals surface area contributed by atoms with Gasteiger partial charge in [0, 0.05) is 29.4 Å². The minimum Gasteiger partial charge on any atom is -0.315 e. The van der Waals surface area contributed by atoms with Crippen LogP contribution in [0.5, 0.6) is 0 Å². The summed E-state index contributed by atoms with van der Waals surface area (Å²) >= 11 is 1.47. The molecule has 2 rings (SSSR count). The maximum absolute atomic E-state index is 12.3. The summed E-state index contributed by atoms with van der Waals surface area (Å²) in [6, 6.07) is 2.08. The van der Waals surface area contributed by atoms with Gasteiger partial charge in [0.1, 0.15) is 0 Å². The Labute approximate surface area is 125 Å². The maximum Gasteiger partial charge on any atom is 0.241 e. The lowest BCUT2D eigenvalue weighted by Gasteiger charge is -2.22. The van der Waals surface area contributed by atoms with Gasteiger partial charge in [0.15, 0.2) is 0 Å². The Hall–Kier alpha value is -0.470. The summed E-state index contributed by atoms with van der Waals surface area (Å²) in [7, 11) is -1.52. The third kappa shape index (κ3) is 3.79. The first-order valence-electron chi connectivity index (χ1n) is 7.02. The van der Waals surface area contributed by atoms with Crippen LogP contribution >= 0.6 is 11.3 Å². The molecule has 1 aromatic rings. The third-order valence-electron chi connectivity index (χ3n) is 3.71. The van der Waals surface area contributed by atoms with E-state index in [1.54, 1.807) is 11.4 Å². The van der Waals surface area contributed by atoms with Gasteiger partial charge in [0.2, 0.25) is 10.0 Å². The quantitative estimate of drug-likeness (QED) is 0.794. The average molecular weight is 317 g/mol. The zero-order chi connectivity index (χ0) is 14.6. The lowest BCUT2D eigenvalue weighted by atomic mass is 10.2. The van der Waals surface area contributed by atoms with Crippen LogP contribution in [0.2, 0.25) is 0 Å². The van der Waals surface area contributed by atoms with Crippen LogP contribution in [-0.4, -0.2) is 46.0 Å². The van der Waals surface area contributed by atoms with Crippen molar-refractivity contribution in [2.45, 2.75) is 37.2 Å². The minimum absolute atomic E-state index is 0.338. The largest absolute Gasteiger partial charge is 0.315 e. The number of nitrogens with one attached hydrogen (secondary N) is 2. The molecule has 1 aliphatic heterocycles. The fraction of sp³-hybridized carbons (Fsp3) is 0.692. The molecular formula is C13H23N3O2S2. The number of nitrogens with zero attached hydrogens (tertiary/aromatic N) is 1. The summed E-state index contributed by atoms with van der Waals surface area (Å²) in [6.07, 6.45) is 2.23. The molecule has 0 saturated carbocycles. The summed E-state index contributed by atoms with van der Waals surface area (Å²) in [6.45, 7) is 5.39. The molecule has 1 unspecified atom stereocenters. The van der Waals surface area contributed by atoms with E-state index < -0.39 is 10.0 Å². The Morgan fingerprint density at radius 1 is 1.50 bits per heavy atom. The van der Waals surface area contributed by atoms with Gasteiger partial charge < -0.3 is 5.32 Å². The van der Waals surface area contributed by atoms with Gasteiger partial charge in [-0.2, -0.15) is 0 Å². The standard InChI is InChI=1S/C13H23N3O2S2/c1-3-16-6-4-5-11(16)8-15-20(17,18)13-7-12(9-14-2)19-10-13/h7,10-11,14-15H,3-6,8-9H2,1-2H3. The van der Waals surface area contributed by atoms with Crippen molar-refractivity contribution in [1.82, 2.24) is 14.9 Å². The lowest BCUT2D eigenvalue weighted by molar-refractivity contribution is 0.268. The van der Waals surface area contributed by atoms with Crippen LogP contribution in [0.3, 0.4) is 0 Å². The van der Waals surface area contributed by atoms with Crippen molar-refractivity contribution in [2.75, 3.05) is 26.7 Å². The van der Waals surface area contributed by atoms with Crippen LogP contribution in [0.4, 0.5) is 0 Å². The molecule has 1 aromatic heterocycles. The first kappa shape index (κ1) is 15.9. The Bertz CT molecular complexity index is 527. The lowest BCUT2D eigenvalue weighted by Crippen LogP contribution is -2.39. The van der Waals surface area contributed by atoms with Crippen molar-refractivity contribution in [2.24, 2.45) is 0 Å². The molecule has 1 saturated heterocycles. The van der Waals surface area contributed by atoms with Crippen LogP contribution < -0.4 is 10.0 Å². The molecule has 0 aromatic carbocycles. The van der Waals surface area contributed by atoms with Crippen molar-refractivity contribution in [3.63, 3.8) is 0 Å². The Morgan fingerprint density at radius 3 is 3.00 bits per heavy atom. The number of sulfonamides is 1. The average Bonchev–Trinajstić information content (AvgIpc) is 3.05. The van der Waals surface area contributed by atoms with E-state index in [0.29, 0.717) is 24.0 Å². The second kappa shape index (κ2) is 7.00. The SMILES string of the molecule is CCN1CCCC1CNS(=O)(=O)c1csc(CNC)c1. The molecule has 7 heteroatoms. The van der Waals surface area contributed by atoms with E-state index in [0.717, 1.165) is 30.8 Å². The highest BCUT2D eigenvalue weighted by Crippen LogP contribution is 2.20. The van der Waals surface area contributed by atoms with E-state index in [1.807, 2.05) is 7.05 Å². The number of rotatable bonds is 7. The fourth-order valence-corrected chi connectivity index (χ4v) is 4.96. The number of hydrogen-bond acceptors (Lipinski definition) is 5. The molecule has 1 atom stereocenters. The number of likely N-dealkylation sites (N-methyl/N-ethyl adjacent to an activating group) is 1. The monoisotopic (exact) mass is 317 g/mol. The van der Waals surface area contributed by atoms with E-state index in [4.69, 9.17) is 0 Å². The van der Waals surface area contributed by atoms with Gasteiger partial charge >= 0.3 is 0 Å².